The molecular weight excluding hydrogens is 118 g/mol. The van der Waals surface area contributed by atoms with E-state index in [1.807, 2.05) is 6.92 Å². The lowest BCUT2D eigenvalue weighted by Crippen LogP contribution is -2.35. The molecule has 0 aromatic rings. The molecule has 0 aromatic heterocycles. The first kappa shape index (κ1) is 6.55. The van der Waals surface area contributed by atoms with Crippen LogP contribution in [0.15, 0.2) is 0 Å². The first-order chi connectivity index (χ1) is 4.11. The second-order valence-electron chi connectivity index (χ2n) is 2.64. The van der Waals surface area contributed by atoms with Crippen LogP contribution in [0.3, 0.4) is 0 Å². The molecule has 0 heterocycles. The van der Waals surface area contributed by atoms with Crippen LogP contribution < -0.4 is 5.73 Å². The predicted octanol–water partition coefficient (Wildman–Crippen LogP) is -0.103. The monoisotopic (exact) mass is 129 g/mol. The standard InChI is InChI=1S/C6H11NO2/c1-4-3-6(4,7)5(8)9-2/h4H,3,7H2,1-2H3/t4-,6-/m0/s1. The maximum atomic E-state index is 10.8. The molecule has 0 radical (unpaired) electrons. The predicted molar refractivity (Wildman–Crippen MR) is 32.7 cm³/mol. The summed E-state index contributed by atoms with van der Waals surface area (Å²) in [6.07, 6.45) is 0.764. The van der Waals surface area contributed by atoms with Gasteiger partial charge in [-0.25, -0.2) is 0 Å². The highest BCUT2D eigenvalue weighted by molar-refractivity contribution is 5.84. The lowest BCUT2D eigenvalue weighted by Gasteiger charge is -2.04. The Hall–Kier alpha value is -0.570. The molecule has 1 saturated carbocycles. The second-order valence-corrected chi connectivity index (χ2v) is 2.64. The molecule has 0 spiro atoms. The summed E-state index contributed by atoms with van der Waals surface area (Å²) < 4.78 is 4.48. The molecule has 1 aliphatic rings. The van der Waals surface area contributed by atoms with Crippen LogP contribution >= 0.6 is 0 Å². The van der Waals surface area contributed by atoms with Crippen molar-refractivity contribution in [1.82, 2.24) is 0 Å². The quantitative estimate of drug-likeness (QED) is 0.503. The highest BCUT2D eigenvalue weighted by Crippen LogP contribution is 2.40. The molecule has 2 N–H and O–H groups in total. The Morgan fingerprint density at radius 3 is 2.44 bits per heavy atom. The Kier molecular flexibility index (Phi) is 1.24. The smallest absolute Gasteiger partial charge is 0.326 e. The molecule has 1 rings (SSSR count). The number of hydrogen-bond donors (Lipinski definition) is 1. The maximum absolute atomic E-state index is 10.8. The number of ether oxygens (including phenoxy) is 1. The van der Waals surface area contributed by atoms with Gasteiger partial charge in [0.2, 0.25) is 0 Å². The van der Waals surface area contributed by atoms with E-state index in [2.05, 4.69) is 4.74 Å². The summed E-state index contributed by atoms with van der Waals surface area (Å²) in [6, 6.07) is 0. The van der Waals surface area contributed by atoms with Crippen LogP contribution in [0.1, 0.15) is 13.3 Å². The van der Waals surface area contributed by atoms with E-state index >= 15 is 0 Å². The van der Waals surface area contributed by atoms with Gasteiger partial charge >= 0.3 is 5.97 Å². The van der Waals surface area contributed by atoms with Gasteiger partial charge in [0.05, 0.1) is 7.11 Å². The summed E-state index contributed by atoms with van der Waals surface area (Å²) in [5, 5.41) is 0. The van der Waals surface area contributed by atoms with E-state index in [9.17, 15) is 4.79 Å². The Bertz CT molecular complexity index is 146. The molecule has 2 atom stereocenters. The van der Waals surface area contributed by atoms with Gasteiger partial charge in [0.15, 0.2) is 0 Å². The van der Waals surface area contributed by atoms with E-state index in [0.29, 0.717) is 5.92 Å². The highest BCUT2D eigenvalue weighted by Gasteiger charge is 2.55. The number of rotatable bonds is 1. The Labute approximate surface area is 54.2 Å². The Balaban J connectivity index is 2.53. The molecule has 52 valence electrons. The zero-order valence-corrected chi connectivity index (χ0v) is 5.68. The molecule has 3 nitrogen and oxygen atoms in total. The molecular formula is C6H11NO2. The molecule has 0 aliphatic heterocycles. The number of methoxy groups -OCH3 is 1. The summed E-state index contributed by atoms with van der Waals surface area (Å²) in [4.78, 5) is 10.8. The third-order valence-corrected chi connectivity index (χ3v) is 1.93. The van der Waals surface area contributed by atoms with Crippen LogP contribution in [-0.4, -0.2) is 18.6 Å². The normalized spacial score (nSPS) is 40.1. The molecule has 0 unspecified atom stereocenters. The average Bonchev–Trinajstić information content (AvgIpc) is 2.41. The molecule has 0 saturated heterocycles. The average molecular weight is 129 g/mol. The van der Waals surface area contributed by atoms with Crippen LogP contribution in [-0.2, 0) is 9.53 Å². The number of nitrogens with two attached hydrogens (primary N) is 1. The van der Waals surface area contributed by atoms with E-state index in [1.54, 1.807) is 0 Å². The SMILES string of the molecule is COC(=O)[C@]1(N)C[C@@H]1C. The zero-order valence-electron chi connectivity index (χ0n) is 5.68. The van der Waals surface area contributed by atoms with E-state index < -0.39 is 5.54 Å². The summed E-state index contributed by atoms with van der Waals surface area (Å²) in [5.74, 6) is 0.0138. The lowest BCUT2D eigenvalue weighted by molar-refractivity contribution is -0.143. The highest BCUT2D eigenvalue weighted by atomic mass is 16.5. The van der Waals surface area contributed by atoms with Crippen LogP contribution in [0.4, 0.5) is 0 Å². The Morgan fingerprint density at radius 1 is 1.89 bits per heavy atom. The van der Waals surface area contributed by atoms with Crippen LogP contribution in [0.2, 0.25) is 0 Å². The minimum atomic E-state index is -0.644. The van der Waals surface area contributed by atoms with Gasteiger partial charge in [-0.15, -0.1) is 0 Å². The largest absolute Gasteiger partial charge is 0.468 e. The van der Waals surface area contributed by atoms with Crippen LogP contribution in [0, 0.1) is 5.92 Å². The minimum Gasteiger partial charge on any atom is -0.468 e. The van der Waals surface area contributed by atoms with Crippen molar-refractivity contribution >= 4 is 5.97 Å². The zero-order chi connectivity index (χ0) is 7.07. The number of carbonyl (C=O) groups is 1. The first-order valence-electron chi connectivity index (χ1n) is 2.98. The van der Waals surface area contributed by atoms with Gasteiger partial charge in [-0.1, -0.05) is 6.92 Å². The number of carbonyl (C=O) groups excluding carboxylic acids is 1. The van der Waals surface area contributed by atoms with Gasteiger partial charge in [-0.2, -0.15) is 0 Å². The molecule has 0 amide bonds. The van der Waals surface area contributed by atoms with E-state index in [-0.39, 0.29) is 5.97 Å². The van der Waals surface area contributed by atoms with Crippen molar-refractivity contribution in [3.8, 4) is 0 Å². The lowest BCUT2D eigenvalue weighted by atomic mass is 10.2. The fourth-order valence-electron chi connectivity index (χ4n) is 0.922. The van der Waals surface area contributed by atoms with Crippen molar-refractivity contribution in [3.05, 3.63) is 0 Å². The van der Waals surface area contributed by atoms with Gasteiger partial charge in [-0.3, -0.25) is 4.79 Å². The molecule has 1 fully saturated rings. The van der Waals surface area contributed by atoms with Crippen LogP contribution in [0.5, 0.6) is 0 Å². The Morgan fingerprint density at radius 2 is 2.33 bits per heavy atom. The van der Waals surface area contributed by atoms with Gasteiger partial charge in [-0.05, 0) is 12.3 Å². The number of esters is 1. The topological polar surface area (TPSA) is 52.3 Å². The molecule has 1 aliphatic carbocycles. The van der Waals surface area contributed by atoms with Gasteiger partial charge < -0.3 is 10.5 Å². The second kappa shape index (κ2) is 1.70. The summed E-state index contributed by atoms with van der Waals surface area (Å²) in [5.41, 5.74) is 4.93. The molecule has 9 heavy (non-hydrogen) atoms. The van der Waals surface area contributed by atoms with Crippen LogP contribution in [0.25, 0.3) is 0 Å². The van der Waals surface area contributed by atoms with Crippen molar-refractivity contribution in [3.63, 3.8) is 0 Å². The van der Waals surface area contributed by atoms with E-state index in [4.69, 9.17) is 5.73 Å². The fourth-order valence-corrected chi connectivity index (χ4v) is 0.922. The van der Waals surface area contributed by atoms with Crippen molar-refractivity contribution in [2.75, 3.05) is 7.11 Å². The van der Waals surface area contributed by atoms with Gasteiger partial charge in [0.25, 0.3) is 0 Å². The fraction of sp³-hybridized carbons (Fsp3) is 0.833. The van der Waals surface area contributed by atoms with Gasteiger partial charge in [0, 0.05) is 0 Å². The minimum absolute atomic E-state index is 0.282. The maximum Gasteiger partial charge on any atom is 0.326 e. The molecule has 0 aromatic carbocycles. The van der Waals surface area contributed by atoms with Crippen molar-refractivity contribution in [1.29, 1.82) is 0 Å². The third-order valence-electron chi connectivity index (χ3n) is 1.93. The molecule has 3 heteroatoms. The van der Waals surface area contributed by atoms with E-state index in [1.165, 1.54) is 7.11 Å². The van der Waals surface area contributed by atoms with Gasteiger partial charge in [0.1, 0.15) is 5.54 Å². The summed E-state index contributed by atoms with van der Waals surface area (Å²) >= 11 is 0. The third kappa shape index (κ3) is 0.812. The van der Waals surface area contributed by atoms with Crippen molar-refractivity contribution < 1.29 is 9.53 Å². The first-order valence-corrected chi connectivity index (χ1v) is 2.98. The van der Waals surface area contributed by atoms with Crippen molar-refractivity contribution in [2.45, 2.75) is 18.9 Å². The van der Waals surface area contributed by atoms with E-state index in [0.717, 1.165) is 6.42 Å². The molecule has 0 bridgehead atoms. The van der Waals surface area contributed by atoms with Crippen molar-refractivity contribution in [2.24, 2.45) is 11.7 Å². The summed E-state index contributed by atoms with van der Waals surface area (Å²) in [7, 11) is 1.36. The summed E-state index contributed by atoms with van der Waals surface area (Å²) in [6.45, 7) is 1.94. The number of hydrogen-bond acceptors (Lipinski definition) is 3.